The van der Waals surface area contributed by atoms with Crippen molar-refractivity contribution in [2.75, 3.05) is 12.4 Å². The van der Waals surface area contributed by atoms with E-state index in [4.69, 9.17) is 19.4 Å². The molecule has 1 atom stereocenters. The second-order valence-electron chi connectivity index (χ2n) is 8.93. The number of rotatable bonds is 7. The number of nitrogens with zero attached hydrogens (tertiary/aromatic N) is 2. The number of para-hydroxylation sites is 1. The summed E-state index contributed by atoms with van der Waals surface area (Å²) in [6.45, 7) is 1.45. The molecular weight excluding hydrogens is 506 g/mol. The van der Waals surface area contributed by atoms with E-state index in [0.29, 0.717) is 16.7 Å². The average molecular weight is 532 g/mol. The minimum atomic E-state index is -1.14. The van der Waals surface area contributed by atoms with E-state index in [1.807, 2.05) is 60.7 Å². The fourth-order valence-corrected chi connectivity index (χ4v) is 4.17. The van der Waals surface area contributed by atoms with Crippen LogP contribution in [0.5, 0.6) is 0 Å². The van der Waals surface area contributed by atoms with Crippen molar-refractivity contribution in [3.05, 3.63) is 114 Å². The highest BCUT2D eigenvalue weighted by molar-refractivity contribution is 6.03. The zero-order valence-corrected chi connectivity index (χ0v) is 21.8. The molecule has 0 spiro atoms. The van der Waals surface area contributed by atoms with Gasteiger partial charge in [-0.1, -0.05) is 72.8 Å². The normalized spacial score (nSPS) is 11.4. The predicted octanol–water partition coefficient (Wildman–Crippen LogP) is 5.93. The molecule has 8 heteroatoms. The van der Waals surface area contributed by atoms with E-state index in [1.165, 1.54) is 20.1 Å². The molecule has 8 nitrogen and oxygen atoms in total. The van der Waals surface area contributed by atoms with E-state index in [9.17, 15) is 14.4 Å². The van der Waals surface area contributed by atoms with Gasteiger partial charge in [0.25, 0.3) is 5.91 Å². The maximum absolute atomic E-state index is 13.0. The smallest absolute Gasteiger partial charge is 0.339 e. The molecule has 0 saturated heterocycles. The molecule has 0 aliphatic heterocycles. The molecule has 1 unspecified atom stereocenters. The van der Waals surface area contributed by atoms with Gasteiger partial charge in [0.2, 0.25) is 0 Å². The first kappa shape index (κ1) is 26.2. The van der Waals surface area contributed by atoms with Crippen LogP contribution in [0.3, 0.4) is 0 Å². The summed E-state index contributed by atoms with van der Waals surface area (Å²) < 4.78 is 10.2. The van der Waals surface area contributed by atoms with Gasteiger partial charge >= 0.3 is 11.9 Å². The number of esters is 2. The molecule has 0 radical (unpaired) electrons. The number of anilines is 1. The number of carbonyl (C=O) groups is 3. The summed E-state index contributed by atoms with van der Waals surface area (Å²) >= 11 is 0. The Labute approximate surface area is 230 Å². The Kier molecular flexibility index (Phi) is 7.59. The minimum Gasteiger partial charge on any atom is -0.465 e. The molecule has 5 rings (SSSR count). The second kappa shape index (κ2) is 11.6. The van der Waals surface area contributed by atoms with Crippen LogP contribution >= 0.6 is 0 Å². The van der Waals surface area contributed by atoms with Gasteiger partial charge in [0.15, 0.2) is 6.10 Å². The number of benzene rings is 4. The van der Waals surface area contributed by atoms with Crippen LogP contribution < -0.4 is 5.32 Å². The number of aromatic nitrogens is 2. The number of methoxy groups -OCH3 is 1. The van der Waals surface area contributed by atoms with Gasteiger partial charge in [-0.2, -0.15) is 0 Å². The van der Waals surface area contributed by atoms with Crippen LogP contribution in [0.2, 0.25) is 0 Å². The molecule has 0 aliphatic rings. The standard InChI is InChI=1S/C32H25N3O5/c1-20(30(36)35-25-16-10-9-15-24(25)32(38)39-2)40-31(37)23-17-18-26-27(19-23)34-29(22-13-7-4-8-14-22)28(33-26)21-11-5-3-6-12-21/h3-20H,1-2H3,(H,35,36). The summed E-state index contributed by atoms with van der Waals surface area (Å²) in [7, 11) is 1.25. The van der Waals surface area contributed by atoms with Crippen LogP contribution in [0.4, 0.5) is 5.69 Å². The Morgan fingerprint density at radius 2 is 1.27 bits per heavy atom. The van der Waals surface area contributed by atoms with Crippen LogP contribution in [0, 0.1) is 0 Å². The van der Waals surface area contributed by atoms with Crippen LogP contribution in [-0.4, -0.2) is 41.0 Å². The third-order valence-electron chi connectivity index (χ3n) is 6.24. The van der Waals surface area contributed by atoms with E-state index in [1.54, 1.807) is 36.4 Å². The average Bonchev–Trinajstić information content (AvgIpc) is 3.00. The first-order chi connectivity index (χ1) is 19.4. The third-order valence-corrected chi connectivity index (χ3v) is 6.24. The van der Waals surface area contributed by atoms with Crippen molar-refractivity contribution in [2.24, 2.45) is 0 Å². The lowest BCUT2D eigenvalue weighted by Gasteiger charge is -2.15. The summed E-state index contributed by atoms with van der Waals surface area (Å²) in [6, 6.07) is 30.8. The van der Waals surface area contributed by atoms with E-state index in [2.05, 4.69) is 5.32 Å². The zero-order chi connectivity index (χ0) is 28.1. The number of fused-ring (bicyclic) bond motifs is 1. The quantitative estimate of drug-likeness (QED) is 0.259. The Hall–Kier alpha value is -5.37. The lowest BCUT2D eigenvalue weighted by Crippen LogP contribution is -2.30. The first-order valence-electron chi connectivity index (χ1n) is 12.6. The summed E-state index contributed by atoms with van der Waals surface area (Å²) in [5.41, 5.74) is 5.02. The van der Waals surface area contributed by atoms with E-state index in [-0.39, 0.29) is 16.8 Å². The van der Waals surface area contributed by atoms with Gasteiger partial charge in [0.1, 0.15) is 0 Å². The van der Waals surface area contributed by atoms with Crippen molar-refractivity contribution in [3.63, 3.8) is 0 Å². The van der Waals surface area contributed by atoms with Gasteiger partial charge in [0, 0.05) is 11.1 Å². The molecule has 1 aromatic heterocycles. The lowest BCUT2D eigenvalue weighted by molar-refractivity contribution is -0.123. The Balaban J connectivity index is 1.40. The molecule has 0 saturated carbocycles. The van der Waals surface area contributed by atoms with E-state index < -0.39 is 23.9 Å². The van der Waals surface area contributed by atoms with Crippen molar-refractivity contribution in [3.8, 4) is 22.5 Å². The predicted molar refractivity (Wildman–Crippen MR) is 152 cm³/mol. The molecule has 0 fully saturated rings. The van der Waals surface area contributed by atoms with Crippen molar-refractivity contribution in [1.82, 2.24) is 9.97 Å². The molecule has 4 aromatic carbocycles. The topological polar surface area (TPSA) is 107 Å². The van der Waals surface area contributed by atoms with Gasteiger partial charge in [-0.15, -0.1) is 0 Å². The second-order valence-corrected chi connectivity index (χ2v) is 8.93. The van der Waals surface area contributed by atoms with Gasteiger partial charge < -0.3 is 14.8 Å². The van der Waals surface area contributed by atoms with Gasteiger partial charge in [0.05, 0.1) is 46.3 Å². The molecule has 1 amide bonds. The lowest BCUT2D eigenvalue weighted by atomic mass is 10.0. The molecular formula is C32H25N3O5. The number of hydrogen-bond donors (Lipinski definition) is 1. The highest BCUT2D eigenvalue weighted by Crippen LogP contribution is 2.31. The molecule has 198 valence electrons. The Morgan fingerprint density at radius 1 is 0.700 bits per heavy atom. The summed E-state index contributed by atoms with van der Waals surface area (Å²) in [5.74, 6) is -1.88. The molecule has 1 N–H and O–H groups in total. The Morgan fingerprint density at radius 3 is 1.90 bits per heavy atom. The SMILES string of the molecule is COC(=O)c1ccccc1NC(=O)C(C)OC(=O)c1ccc2nc(-c3ccccc3)c(-c3ccccc3)nc2c1. The number of ether oxygens (including phenoxy) is 2. The number of amides is 1. The van der Waals surface area contributed by atoms with E-state index in [0.717, 1.165) is 16.8 Å². The fraction of sp³-hybridized carbons (Fsp3) is 0.0938. The summed E-state index contributed by atoms with van der Waals surface area (Å²) in [4.78, 5) is 47.5. The van der Waals surface area contributed by atoms with Crippen LogP contribution in [0.1, 0.15) is 27.6 Å². The maximum atomic E-state index is 13.0. The maximum Gasteiger partial charge on any atom is 0.339 e. The Bertz CT molecular complexity index is 1700. The fourth-order valence-electron chi connectivity index (χ4n) is 4.17. The number of carbonyl (C=O) groups excluding carboxylic acids is 3. The van der Waals surface area contributed by atoms with E-state index >= 15 is 0 Å². The monoisotopic (exact) mass is 531 g/mol. The highest BCUT2D eigenvalue weighted by atomic mass is 16.5. The van der Waals surface area contributed by atoms with Gasteiger partial charge in [-0.05, 0) is 37.3 Å². The highest BCUT2D eigenvalue weighted by Gasteiger charge is 2.22. The van der Waals surface area contributed by atoms with Crippen molar-refractivity contribution >= 4 is 34.6 Å². The minimum absolute atomic E-state index is 0.189. The molecule has 0 aliphatic carbocycles. The molecule has 40 heavy (non-hydrogen) atoms. The number of nitrogens with one attached hydrogen (secondary N) is 1. The van der Waals surface area contributed by atoms with Gasteiger partial charge in [-0.3, -0.25) is 4.79 Å². The third kappa shape index (κ3) is 5.56. The largest absolute Gasteiger partial charge is 0.465 e. The molecule has 5 aromatic rings. The van der Waals surface area contributed by atoms with Crippen LogP contribution in [-0.2, 0) is 14.3 Å². The zero-order valence-electron chi connectivity index (χ0n) is 21.8. The molecule has 0 bridgehead atoms. The van der Waals surface area contributed by atoms with Crippen LogP contribution in [0.15, 0.2) is 103 Å². The van der Waals surface area contributed by atoms with Crippen molar-refractivity contribution in [2.45, 2.75) is 13.0 Å². The number of hydrogen-bond acceptors (Lipinski definition) is 7. The molecule has 1 heterocycles. The summed E-state index contributed by atoms with van der Waals surface area (Å²) in [5, 5.41) is 2.62. The summed E-state index contributed by atoms with van der Waals surface area (Å²) in [6.07, 6.45) is -1.14. The van der Waals surface area contributed by atoms with Gasteiger partial charge in [-0.25, -0.2) is 19.6 Å². The van der Waals surface area contributed by atoms with Crippen molar-refractivity contribution in [1.29, 1.82) is 0 Å². The van der Waals surface area contributed by atoms with Crippen LogP contribution in [0.25, 0.3) is 33.5 Å². The first-order valence-corrected chi connectivity index (χ1v) is 12.6. The van der Waals surface area contributed by atoms with Crippen molar-refractivity contribution < 1.29 is 23.9 Å².